The van der Waals surface area contributed by atoms with Gasteiger partial charge in [0.15, 0.2) is 11.5 Å². The van der Waals surface area contributed by atoms with Gasteiger partial charge in [-0.05, 0) is 30.7 Å². The average Bonchev–Trinajstić information content (AvgIpc) is 2.41. The molecule has 0 amide bonds. The predicted molar refractivity (Wildman–Crippen MR) is 70.2 cm³/mol. The summed E-state index contributed by atoms with van der Waals surface area (Å²) >= 11 is 0. The standard InChI is InChI=1S/C14H21NO3/c1-16-13-3-2-11(4-7-15)10-14(13)18-12-5-8-17-9-6-12/h2-3,10,12H,4-9,15H2,1H3. The molecule has 1 aliphatic rings. The first-order valence-electron chi connectivity index (χ1n) is 6.45. The van der Waals surface area contributed by atoms with E-state index in [1.807, 2.05) is 18.2 Å². The molecule has 4 heteroatoms. The summed E-state index contributed by atoms with van der Waals surface area (Å²) in [7, 11) is 1.66. The summed E-state index contributed by atoms with van der Waals surface area (Å²) in [5.74, 6) is 1.60. The fraction of sp³-hybridized carbons (Fsp3) is 0.571. The normalized spacial score (nSPS) is 16.6. The highest BCUT2D eigenvalue weighted by Crippen LogP contribution is 2.30. The Morgan fingerprint density at radius 2 is 2.06 bits per heavy atom. The van der Waals surface area contributed by atoms with Gasteiger partial charge in [-0.2, -0.15) is 0 Å². The van der Waals surface area contributed by atoms with Crippen LogP contribution in [0, 0.1) is 0 Å². The van der Waals surface area contributed by atoms with Crippen molar-refractivity contribution in [2.45, 2.75) is 25.4 Å². The Bertz CT molecular complexity index is 375. The van der Waals surface area contributed by atoms with Crippen LogP contribution in [-0.2, 0) is 11.2 Å². The fourth-order valence-corrected chi connectivity index (χ4v) is 2.11. The van der Waals surface area contributed by atoms with E-state index < -0.39 is 0 Å². The van der Waals surface area contributed by atoms with Crippen LogP contribution in [-0.4, -0.2) is 33.0 Å². The van der Waals surface area contributed by atoms with E-state index in [1.54, 1.807) is 7.11 Å². The predicted octanol–water partition coefficient (Wildman–Crippen LogP) is 1.75. The zero-order valence-corrected chi connectivity index (χ0v) is 10.9. The van der Waals surface area contributed by atoms with E-state index in [2.05, 4.69) is 0 Å². The Hall–Kier alpha value is -1.26. The Kier molecular flexibility index (Phi) is 4.84. The van der Waals surface area contributed by atoms with E-state index in [1.165, 1.54) is 5.56 Å². The van der Waals surface area contributed by atoms with Gasteiger partial charge < -0.3 is 19.9 Å². The van der Waals surface area contributed by atoms with Gasteiger partial charge in [-0.3, -0.25) is 0 Å². The lowest BCUT2D eigenvalue weighted by Crippen LogP contribution is -2.26. The molecule has 100 valence electrons. The number of nitrogens with two attached hydrogens (primary N) is 1. The third-order valence-electron chi connectivity index (χ3n) is 3.12. The molecule has 18 heavy (non-hydrogen) atoms. The van der Waals surface area contributed by atoms with Crippen LogP contribution in [0.2, 0.25) is 0 Å². The van der Waals surface area contributed by atoms with Crippen molar-refractivity contribution in [3.8, 4) is 11.5 Å². The number of methoxy groups -OCH3 is 1. The molecule has 4 nitrogen and oxygen atoms in total. The summed E-state index contributed by atoms with van der Waals surface area (Å²) in [5.41, 5.74) is 6.76. The maximum atomic E-state index is 6.02. The molecule has 1 aromatic carbocycles. The molecule has 0 aliphatic carbocycles. The van der Waals surface area contributed by atoms with Crippen LogP contribution in [0.1, 0.15) is 18.4 Å². The Morgan fingerprint density at radius 3 is 2.72 bits per heavy atom. The highest BCUT2D eigenvalue weighted by molar-refractivity contribution is 5.43. The number of benzene rings is 1. The fourth-order valence-electron chi connectivity index (χ4n) is 2.11. The van der Waals surface area contributed by atoms with Crippen molar-refractivity contribution < 1.29 is 14.2 Å². The van der Waals surface area contributed by atoms with Crippen LogP contribution in [0.25, 0.3) is 0 Å². The molecule has 1 saturated heterocycles. The molecule has 1 heterocycles. The van der Waals surface area contributed by atoms with E-state index >= 15 is 0 Å². The van der Waals surface area contributed by atoms with Gasteiger partial charge >= 0.3 is 0 Å². The lowest BCUT2D eigenvalue weighted by Gasteiger charge is -2.24. The molecule has 2 N–H and O–H groups in total. The van der Waals surface area contributed by atoms with E-state index in [0.29, 0.717) is 6.54 Å². The van der Waals surface area contributed by atoms with E-state index in [4.69, 9.17) is 19.9 Å². The minimum Gasteiger partial charge on any atom is -0.493 e. The zero-order valence-electron chi connectivity index (χ0n) is 10.9. The molecular formula is C14H21NO3. The molecule has 0 saturated carbocycles. The molecule has 0 bridgehead atoms. The maximum absolute atomic E-state index is 6.02. The first kappa shape index (κ1) is 13.2. The Balaban J connectivity index is 2.09. The summed E-state index contributed by atoms with van der Waals surface area (Å²) in [6, 6.07) is 6.00. The molecule has 1 aromatic rings. The smallest absolute Gasteiger partial charge is 0.161 e. The molecule has 0 unspecified atom stereocenters. The molecule has 0 spiro atoms. The average molecular weight is 251 g/mol. The second-order valence-corrected chi connectivity index (χ2v) is 4.45. The summed E-state index contributed by atoms with van der Waals surface area (Å²) in [6.45, 7) is 2.19. The second kappa shape index (κ2) is 6.61. The summed E-state index contributed by atoms with van der Waals surface area (Å²) < 4.78 is 16.7. The largest absolute Gasteiger partial charge is 0.493 e. The summed E-state index contributed by atoms with van der Waals surface area (Å²) in [4.78, 5) is 0. The van der Waals surface area contributed by atoms with Crippen molar-refractivity contribution in [1.82, 2.24) is 0 Å². The molecule has 1 fully saturated rings. The van der Waals surface area contributed by atoms with Crippen LogP contribution in [0.15, 0.2) is 18.2 Å². The number of ether oxygens (including phenoxy) is 3. The van der Waals surface area contributed by atoms with Crippen LogP contribution in [0.4, 0.5) is 0 Å². The van der Waals surface area contributed by atoms with Crippen LogP contribution in [0.5, 0.6) is 11.5 Å². The Labute approximate surface area is 108 Å². The quantitative estimate of drug-likeness (QED) is 0.866. The van der Waals surface area contributed by atoms with Crippen molar-refractivity contribution in [3.63, 3.8) is 0 Å². The van der Waals surface area contributed by atoms with Crippen molar-refractivity contribution in [2.75, 3.05) is 26.9 Å². The van der Waals surface area contributed by atoms with Gasteiger partial charge in [0.25, 0.3) is 0 Å². The highest BCUT2D eigenvalue weighted by Gasteiger charge is 2.17. The number of hydrogen-bond acceptors (Lipinski definition) is 4. The van der Waals surface area contributed by atoms with Gasteiger partial charge in [-0.25, -0.2) is 0 Å². The molecule has 1 aliphatic heterocycles. The Morgan fingerprint density at radius 1 is 1.28 bits per heavy atom. The molecule has 0 aromatic heterocycles. The van der Waals surface area contributed by atoms with Gasteiger partial charge in [0.1, 0.15) is 6.10 Å². The van der Waals surface area contributed by atoms with Gasteiger partial charge in [-0.15, -0.1) is 0 Å². The monoisotopic (exact) mass is 251 g/mol. The van der Waals surface area contributed by atoms with Crippen molar-refractivity contribution in [1.29, 1.82) is 0 Å². The van der Waals surface area contributed by atoms with Crippen LogP contribution in [0.3, 0.4) is 0 Å². The second-order valence-electron chi connectivity index (χ2n) is 4.45. The summed E-state index contributed by atoms with van der Waals surface area (Å²) in [6.07, 6.45) is 2.95. The van der Waals surface area contributed by atoms with Gasteiger partial charge in [-0.1, -0.05) is 6.07 Å². The van der Waals surface area contributed by atoms with Gasteiger partial charge in [0.2, 0.25) is 0 Å². The van der Waals surface area contributed by atoms with Crippen molar-refractivity contribution >= 4 is 0 Å². The lowest BCUT2D eigenvalue weighted by molar-refractivity contribution is 0.0245. The van der Waals surface area contributed by atoms with E-state index in [-0.39, 0.29) is 6.10 Å². The third kappa shape index (κ3) is 3.37. The van der Waals surface area contributed by atoms with Gasteiger partial charge in [0, 0.05) is 12.8 Å². The number of hydrogen-bond donors (Lipinski definition) is 1. The molecule has 2 rings (SSSR count). The molecule has 0 atom stereocenters. The SMILES string of the molecule is COc1ccc(CCN)cc1OC1CCOCC1. The van der Waals surface area contributed by atoms with Crippen molar-refractivity contribution in [2.24, 2.45) is 5.73 Å². The topological polar surface area (TPSA) is 53.7 Å². The maximum Gasteiger partial charge on any atom is 0.161 e. The zero-order chi connectivity index (χ0) is 12.8. The first-order valence-corrected chi connectivity index (χ1v) is 6.45. The minimum atomic E-state index is 0.223. The van der Waals surface area contributed by atoms with E-state index in [9.17, 15) is 0 Å². The van der Waals surface area contributed by atoms with E-state index in [0.717, 1.165) is 44.0 Å². The third-order valence-corrected chi connectivity index (χ3v) is 3.12. The van der Waals surface area contributed by atoms with Crippen molar-refractivity contribution in [3.05, 3.63) is 23.8 Å². The lowest BCUT2D eigenvalue weighted by atomic mass is 10.1. The number of rotatable bonds is 5. The minimum absolute atomic E-state index is 0.223. The van der Waals surface area contributed by atoms with Crippen LogP contribution >= 0.6 is 0 Å². The summed E-state index contributed by atoms with van der Waals surface area (Å²) in [5, 5.41) is 0. The molecule has 0 radical (unpaired) electrons. The molecular weight excluding hydrogens is 230 g/mol. The highest BCUT2D eigenvalue weighted by atomic mass is 16.5. The first-order chi connectivity index (χ1) is 8.83. The van der Waals surface area contributed by atoms with Gasteiger partial charge in [0.05, 0.1) is 20.3 Å². The van der Waals surface area contributed by atoms with Crippen LogP contribution < -0.4 is 15.2 Å².